The summed E-state index contributed by atoms with van der Waals surface area (Å²) >= 11 is 0. The van der Waals surface area contributed by atoms with Crippen molar-refractivity contribution in [3.8, 4) is 11.1 Å². The summed E-state index contributed by atoms with van der Waals surface area (Å²) in [6, 6.07) is 14.4. The number of amides is 1. The van der Waals surface area contributed by atoms with Crippen LogP contribution < -0.4 is 5.32 Å². The lowest BCUT2D eigenvalue weighted by Crippen LogP contribution is -2.28. The topological polar surface area (TPSA) is 29.1 Å². The third-order valence-corrected chi connectivity index (χ3v) is 3.52. The van der Waals surface area contributed by atoms with Crippen molar-refractivity contribution in [3.05, 3.63) is 59.9 Å². The lowest BCUT2D eigenvalue weighted by molar-refractivity contribution is -0.122. The third-order valence-electron chi connectivity index (χ3n) is 3.52. The van der Waals surface area contributed by atoms with E-state index < -0.39 is 0 Å². The van der Waals surface area contributed by atoms with Gasteiger partial charge < -0.3 is 5.32 Å². The van der Waals surface area contributed by atoms with Crippen molar-refractivity contribution in [1.82, 2.24) is 5.32 Å². The van der Waals surface area contributed by atoms with Gasteiger partial charge in [0.15, 0.2) is 0 Å². The van der Waals surface area contributed by atoms with Gasteiger partial charge in [-0.25, -0.2) is 4.39 Å². The van der Waals surface area contributed by atoms with Crippen LogP contribution in [0.15, 0.2) is 48.5 Å². The highest BCUT2D eigenvalue weighted by Crippen LogP contribution is 2.26. The van der Waals surface area contributed by atoms with E-state index in [4.69, 9.17) is 0 Å². The predicted octanol–water partition coefficient (Wildman–Crippen LogP) is 4.12. The maximum absolute atomic E-state index is 14.3. The minimum absolute atomic E-state index is 0.0660. The molecule has 0 aliphatic rings. The number of benzene rings is 2. The fourth-order valence-corrected chi connectivity index (χ4v) is 2.21. The minimum Gasteiger partial charge on any atom is -0.356 e. The number of carbonyl (C=O) groups excluding carboxylic acids is 1. The highest BCUT2D eigenvalue weighted by Gasteiger charge is 2.16. The summed E-state index contributed by atoms with van der Waals surface area (Å²) in [6.07, 6.45) is 0.889. The van der Waals surface area contributed by atoms with Crippen molar-refractivity contribution in [1.29, 1.82) is 0 Å². The van der Waals surface area contributed by atoms with Gasteiger partial charge in [-0.1, -0.05) is 49.4 Å². The lowest BCUT2D eigenvalue weighted by atomic mass is 9.96. The molecule has 0 aromatic heterocycles. The van der Waals surface area contributed by atoms with Gasteiger partial charge in [0, 0.05) is 12.1 Å². The largest absolute Gasteiger partial charge is 0.356 e. The molecule has 21 heavy (non-hydrogen) atoms. The van der Waals surface area contributed by atoms with Crippen LogP contribution in [0.5, 0.6) is 0 Å². The molecule has 0 heterocycles. The summed E-state index contributed by atoms with van der Waals surface area (Å²) in [7, 11) is 0. The first-order valence-corrected chi connectivity index (χ1v) is 7.26. The zero-order chi connectivity index (χ0) is 15.2. The molecule has 2 nitrogen and oxygen atoms in total. The number of nitrogens with one attached hydrogen (secondary N) is 1. The van der Waals surface area contributed by atoms with E-state index in [1.165, 1.54) is 6.07 Å². The molecular formula is C18H20FNO. The molecule has 0 radical (unpaired) electrons. The molecule has 1 amide bonds. The third kappa shape index (κ3) is 3.69. The van der Waals surface area contributed by atoms with Crippen LogP contribution in [0.3, 0.4) is 0 Å². The molecule has 0 spiro atoms. The van der Waals surface area contributed by atoms with Crippen molar-refractivity contribution in [3.63, 3.8) is 0 Å². The van der Waals surface area contributed by atoms with Crippen molar-refractivity contribution in [2.75, 3.05) is 6.54 Å². The van der Waals surface area contributed by atoms with E-state index in [9.17, 15) is 9.18 Å². The molecular weight excluding hydrogens is 265 g/mol. The second kappa shape index (κ2) is 7.02. The molecule has 0 saturated heterocycles. The molecule has 110 valence electrons. The molecule has 0 unspecified atom stereocenters. The van der Waals surface area contributed by atoms with E-state index in [-0.39, 0.29) is 17.6 Å². The van der Waals surface area contributed by atoms with E-state index in [0.717, 1.165) is 12.0 Å². The number of hydrogen-bond acceptors (Lipinski definition) is 1. The van der Waals surface area contributed by atoms with Gasteiger partial charge in [0.1, 0.15) is 5.82 Å². The highest BCUT2D eigenvalue weighted by atomic mass is 19.1. The monoisotopic (exact) mass is 285 g/mol. The Bertz CT molecular complexity index is 610. The molecule has 3 heteroatoms. The van der Waals surface area contributed by atoms with E-state index in [2.05, 4.69) is 5.32 Å². The molecule has 0 saturated carbocycles. The van der Waals surface area contributed by atoms with Crippen molar-refractivity contribution < 1.29 is 9.18 Å². The molecule has 1 N–H and O–H groups in total. The number of carbonyl (C=O) groups is 1. The van der Waals surface area contributed by atoms with Crippen molar-refractivity contribution >= 4 is 5.91 Å². The van der Waals surface area contributed by atoms with Gasteiger partial charge in [-0.3, -0.25) is 4.79 Å². The quantitative estimate of drug-likeness (QED) is 0.879. The molecule has 0 bridgehead atoms. The van der Waals surface area contributed by atoms with Gasteiger partial charge >= 0.3 is 0 Å². The average molecular weight is 285 g/mol. The zero-order valence-electron chi connectivity index (χ0n) is 12.4. The van der Waals surface area contributed by atoms with Crippen LogP contribution in [0, 0.1) is 5.82 Å². The smallest absolute Gasteiger partial charge is 0.227 e. The Morgan fingerprint density at radius 1 is 1.19 bits per heavy atom. The summed E-state index contributed by atoms with van der Waals surface area (Å²) in [4.78, 5) is 11.9. The molecule has 2 aromatic rings. The van der Waals surface area contributed by atoms with Crippen LogP contribution in [-0.2, 0) is 4.79 Å². The Kier molecular flexibility index (Phi) is 5.09. The second-order valence-electron chi connectivity index (χ2n) is 5.12. The molecule has 0 aliphatic carbocycles. The lowest BCUT2D eigenvalue weighted by Gasteiger charge is -2.13. The number of halogens is 1. The maximum atomic E-state index is 14.3. The van der Waals surface area contributed by atoms with Crippen LogP contribution in [-0.4, -0.2) is 12.5 Å². The van der Waals surface area contributed by atoms with E-state index in [1.807, 2.05) is 43.3 Å². The molecule has 2 aromatic carbocycles. The average Bonchev–Trinajstić information content (AvgIpc) is 2.52. The first-order chi connectivity index (χ1) is 10.1. The number of hydrogen-bond donors (Lipinski definition) is 1. The number of rotatable bonds is 5. The summed E-state index contributed by atoms with van der Waals surface area (Å²) in [6.45, 7) is 4.44. The van der Waals surface area contributed by atoms with Gasteiger partial charge in [0.05, 0.1) is 5.92 Å². The van der Waals surface area contributed by atoms with Crippen LogP contribution in [0.2, 0.25) is 0 Å². The van der Waals surface area contributed by atoms with Crippen LogP contribution in [0.1, 0.15) is 31.7 Å². The fraction of sp³-hybridized carbons (Fsp3) is 0.278. The van der Waals surface area contributed by atoms with Crippen molar-refractivity contribution in [2.45, 2.75) is 26.2 Å². The summed E-state index contributed by atoms with van der Waals surface area (Å²) in [5.41, 5.74) is 2.09. The molecule has 0 fully saturated rings. The molecule has 0 aliphatic heterocycles. The first kappa shape index (κ1) is 15.2. The Balaban J connectivity index is 2.21. The maximum Gasteiger partial charge on any atom is 0.227 e. The SMILES string of the molecule is CCCNC(=O)[C@H](C)c1ccc(-c2ccccc2)c(F)c1. The minimum atomic E-state index is -0.351. The van der Waals surface area contributed by atoms with Gasteiger partial charge in [-0.15, -0.1) is 0 Å². The van der Waals surface area contributed by atoms with Gasteiger partial charge in [-0.05, 0) is 30.5 Å². The van der Waals surface area contributed by atoms with E-state index in [1.54, 1.807) is 13.0 Å². The second-order valence-corrected chi connectivity index (χ2v) is 5.12. The zero-order valence-corrected chi connectivity index (χ0v) is 12.4. The standard InChI is InChI=1S/C18H20FNO/c1-3-11-20-18(21)13(2)15-9-10-16(17(19)12-15)14-7-5-4-6-8-14/h4-10,12-13H,3,11H2,1-2H3,(H,20,21)/t13-/m1/s1. The van der Waals surface area contributed by atoms with E-state index in [0.29, 0.717) is 17.7 Å². The highest BCUT2D eigenvalue weighted by molar-refractivity contribution is 5.83. The van der Waals surface area contributed by atoms with Gasteiger partial charge in [0.2, 0.25) is 5.91 Å². The summed E-state index contributed by atoms with van der Waals surface area (Å²) in [5.74, 6) is -0.714. The Hall–Kier alpha value is -2.16. The van der Waals surface area contributed by atoms with Crippen molar-refractivity contribution in [2.24, 2.45) is 0 Å². The van der Waals surface area contributed by atoms with Gasteiger partial charge in [-0.2, -0.15) is 0 Å². The molecule has 2 rings (SSSR count). The Labute approximate surface area is 125 Å². The summed E-state index contributed by atoms with van der Waals surface area (Å²) < 4.78 is 14.3. The van der Waals surface area contributed by atoms with Crippen LogP contribution in [0.25, 0.3) is 11.1 Å². The Morgan fingerprint density at radius 2 is 1.90 bits per heavy atom. The first-order valence-electron chi connectivity index (χ1n) is 7.26. The van der Waals surface area contributed by atoms with E-state index >= 15 is 0 Å². The normalized spacial score (nSPS) is 12.0. The summed E-state index contributed by atoms with van der Waals surface area (Å²) in [5, 5.41) is 2.83. The van der Waals surface area contributed by atoms with Crippen LogP contribution >= 0.6 is 0 Å². The Morgan fingerprint density at radius 3 is 2.52 bits per heavy atom. The fourth-order valence-electron chi connectivity index (χ4n) is 2.21. The molecule has 1 atom stereocenters. The van der Waals surface area contributed by atoms with Gasteiger partial charge in [0.25, 0.3) is 0 Å². The predicted molar refractivity (Wildman–Crippen MR) is 83.6 cm³/mol. The van der Waals surface area contributed by atoms with Crippen LogP contribution in [0.4, 0.5) is 4.39 Å².